The molecule has 0 fully saturated rings. The molecule has 0 aliphatic rings. The van der Waals surface area contributed by atoms with Gasteiger partial charge in [-0.2, -0.15) is 0 Å². The number of carbonyl (C=O) groups is 2. The van der Waals surface area contributed by atoms with Crippen molar-refractivity contribution in [2.45, 2.75) is 6.92 Å². The first-order valence-corrected chi connectivity index (χ1v) is 6.20. The van der Waals surface area contributed by atoms with E-state index in [0.717, 1.165) is 0 Å². The van der Waals surface area contributed by atoms with Gasteiger partial charge in [0.05, 0.1) is 17.9 Å². The maximum Gasteiger partial charge on any atom is 0.340 e. The molecule has 2 aromatic rings. The molecule has 2 rings (SSSR count). The summed E-state index contributed by atoms with van der Waals surface area (Å²) in [6.07, 6.45) is 3.07. The van der Waals surface area contributed by atoms with Gasteiger partial charge in [0.15, 0.2) is 0 Å². The van der Waals surface area contributed by atoms with Gasteiger partial charge in [0.2, 0.25) is 0 Å². The number of esters is 1. The SMILES string of the molecule is CCOC(=O)c1ccccc1NC(=O)c1ccncc1. The quantitative estimate of drug-likeness (QED) is 0.867. The topological polar surface area (TPSA) is 68.3 Å². The Bertz CT molecular complexity index is 612. The van der Waals surface area contributed by atoms with E-state index in [1.54, 1.807) is 43.3 Å². The van der Waals surface area contributed by atoms with Gasteiger partial charge in [0.25, 0.3) is 5.91 Å². The molecule has 0 aliphatic carbocycles. The van der Waals surface area contributed by atoms with Crippen molar-refractivity contribution in [3.63, 3.8) is 0 Å². The molecule has 0 spiro atoms. The monoisotopic (exact) mass is 270 g/mol. The molecule has 0 unspecified atom stereocenters. The second-order valence-electron chi connectivity index (χ2n) is 3.96. The Morgan fingerprint density at radius 1 is 1.15 bits per heavy atom. The van der Waals surface area contributed by atoms with Crippen molar-refractivity contribution in [2.24, 2.45) is 0 Å². The van der Waals surface area contributed by atoms with Crippen LogP contribution in [0.3, 0.4) is 0 Å². The highest BCUT2D eigenvalue weighted by atomic mass is 16.5. The summed E-state index contributed by atoms with van der Waals surface area (Å²) in [5, 5.41) is 2.70. The number of nitrogens with zero attached hydrogens (tertiary/aromatic N) is 1. The van der Waals surface area contributed by atoms with Crippen molar-refractivity contribution in [1.82, 2.24) is 4.98 Å². The van der Waals surface area contributed by atoms with Crippen LogP contribution in [-0.2, 0) is 4.74 Å². The van der Waals surface area contributed by atoms with Crippen LogP contribution in [0.15, 0.2) is 48.8 Å². The van der Waals surface area contributed by atoms with E-state index in [9.17, 15) is 9.59 Å². The van der Waals surface area contributed by atoms with E-state index in [1.165, 1.54) is 12.4 Å². The van der Waals surface area contributed by atoms with Crippen molar-refractivity contribution in [1.29, 1.82) is 0 Å². The lowest BCUT2D eigenvalue weighted by atomic mass is 10.1. The molecule has 102 valence electrons. The third-order valence-corrected chi connectivity index (χ3v) is 2.61. The van der Waals surface area contributed by atoms with Crippen LogP contribution in [0.1, 0.15) is 27.6 Å². The van der Waals surface area contributed by atoms with Crippen LogP contribution < -0.4 is 5.32 Å². The van der Waals surface area contributed by atoms with Gasteiger partial charge in [-0.25, -0.2) is 4.79 Å². The summed E-state index contributed by atoms with van der Waals surface area (Å²) in [5.74, 6) is -0.762. The zero-order valence-electron chi connectivity index (χ0n) is 11.0. The van der Waals surface area contributed by atoms with Crippen molar-refractivity contribution in [3.05, 3.63) is 59.9 Å². The molecule has 20 heavy (non-hydrogen) atoms. The Kier molecular flexibility index (Phi) is 4.44. The molecular formula is C15H14N2O3. The number of para-hydroxylation sites is 1. The molecule has 0 saturated carbocycles. The van der Waals surface area contributed by atoms with Gasteiger partial charge in [0.1, 0.15) is 0 Å². The minimum absolute atomic E-state index is 0.283. The van der Waals surface area contributed by atoms with Gasteiger partial charge < -0.3 is 10.1 Å². The summed E-state index contributed by atoms with van der Waals surface area (Å²) < 4.78 is 4.96. The molecule has 1 heterocycles. The highest BCUT2D eigenvalue weighted by molar-refractivity contribution is 6.07. The molecule has 0 saturated heterocycles. The largest absolute Gasteiger partial charge is 0.462 e. The first kappa shape index (κ1) is 13.7. The Morgan fingerprint density at radius 3 is 2.55 bits per heavy atom. The fraction of sp³-hybridized carbons (Fsp3) is 0.133. The fourth-order valence-electron chi connectivity index (χ4n) is 1.68. The Morgan fingerprint density at radius 2 is 1.85 bits per heavy atom. The molecule has 5 nitrogen and oxygen atoms in total. The molecule has 0 bridgehead atoms. The highest BCUT2D eigenvalue weighted by Crippen LogP contribution is 2.17. The van der Waals surface area contributed by atoms with Gasteiger partial charge >= 0.3 is 5.97 Å². The normalized spacial score (nSPS) is 9.85. The summed E-state index contributed by atoms with van der Waals surface area (Å²) in [6, 6.07) is 9.93. The number of ether oxygens (including phenoxy) is 1. The lowest BCUT2D eigenvalue weighted by Gasteiger charge is -2.10. The van der Waals surface area contributed by atoms with E-state index in [0.29, 0.717) is 16.8 Å². The second-order valence-corrected chi connectivity index (χ2v) is 3.96. The highest BCUT2D eigenvalue weighted by Gasteiger charge is 2.14. The first-order chi connectivity index (χ1) is 9.72. The third-order valence-electron chi connectivity index (χ3n) is 2.61. The molecule has 0 aliphatic heterocycles. The number of carbonyl (C=O) groups excluding carboxylic acids is 2. The van der Waals surface area contributed by atoms with Gasteiger partial charge in [-0.15, -0.1) is 0 Å². The van der Waals surface area contributed by atoms with E-state index in [2.05, 4.69) is 10.3 Å². The zero-order chi connectivity index (χ0) is 14.4. The Hall–Kier alpha value is -2.69. The number of rotatable bonds is 4. The molecule has 1 amide bonds. The summed E-state index contributed by atoms with van der Waals surface area (Å²) in [4.78, 5) is 27.7. The predicted molar refractivity (Wildman–Crippen MR) is 74.6 cm³/mol. The number of benzene rings is 1. The summed E-state index contributed by atoms with van der Waals surface area (Å²) in [6.45, 7) is 2.02. The fourth-order valence-corrected chi connectivity index (χ4v) is 1.68. The third kappa shape index (κ3) is 3.20. The maximum absolute atomic E-state index is 12.1. The van der Waals surface area contributed by atoms with Crippen molar-refractivity contribution in [2.75, 3.05) is 11.9 Å². The molecule has 5 heteroatoms. The predicted octanol–water partition coefficient (Wildman–Crippen LogP) is 2.51. The summed E-state index contributed by atoms with van der Waals surface area (Å²) in [5.41, 5.74) is 1.23. The van der Waals surface area contributed by atoms with Crippen molar-refractivity contribution < 1.29 is 14.3 Å². The van der Waals surface area contributed by atoms with Crippen LogP contribution in [0, 0.1) is 0 Å². The van der Waals surface area contributed by atoms with Gasteiger partial charge in [0, 0.05) is 18.0 Å². The van der Waals surface area contributed by atoms with Gasteiger partial charge in [-0.05, 0) is 31.2 Å². The Labute approximate surface area is 116 Å². The average Bonchev–Trinajstić information content (AvgIpc) is 2.49. The van der Waals surface area contributed by atoms with E-state index in [1.807, 2.05) is 0 Å². The van der Waals surface area contributed by atoms with Crippen LogP contribution in [0.25, 0.3) is 0 Å². The number of hydrogen-bond acceptors (Lipinski definition) is 4. The van der Waals surface area contributed by atoms with Gasteiger partial charge in [-0.1, -0.05) is 12.1 Å². The van der Waals surface area contributed by atoms with Crippen LogP contribution in [-0.4, -0.2) is 23.5 Å². The van der Waals surface area contributed by atoms with E-state index in [-0.39, 0.29) is 12.5 Å². The first-order valence-electron chi connectivity index (χ1n) is 6.20. The van der Waals surface area contributed by atoms with Crippen molar-refractivity contribution >= 4 is 17.6 Å². The summed E-state index contributed by atoms with van der Waals surface area (Å²) in [7, 11) is 0. The van der Waals surface area contributed by atoms with Crippen molar-refractivity contribution in [3.8, 4) is 0 Å². The zero-order valence-corrected chi connectivity index (χ0v) is 11.0. The molecule has 1 N–H and O–H groups in total. The number of aromatic nitrogens is 1. The van der Waals surface area contributed by atoms with Crippen LogP contribution >= 0.6 is 0 Å². The van der Waals surface area contributed by atoms with Gasteiger partial charge in [-0.3, -0.25) is 9.78 Å². The molecular weight excluding hydrogens is 256 g/mol. The number of amides is 1. The van der Waals surface area contributed by atoms with E-state index < -0.39 is 5.97 Å². The minimum atomic E-state index is -0.460. The van der Waals surface area contributed by atoms with Crippen LogP contribution in [0.5, 0.6) is 0 Å². The molecule has 0 atom stereocenters. The standard InChI is InChI=1S/C15H14N2O3/c1-2-20-15(19)12-5-3-4-6-13(12)17-14(18)11-7-9-16-10-8-11/h3-10H,2H2,1H3,(H,17,18). The number of nitrogens with one attached hydrogen (secondary N) is 1. The van der Waals surface area contributed by atoms with E-state index >= 15 is 0 Å². The Balaban J connectivity index is 2.21. The van der Waals surface area contributed by atoms with E-state index in [4.69, 9.17) is 4.74 Å². The lowest BCUT2D eigenvalue weighted by Crippen LogP contribution is -2.15. The molecule has 0 radical (unpaired) electrons. The maximum atomic E-state index is 12.1. The molecule has 1 aromatic carbocycles. The number of anilines is 1. The number of hydrogen-bond donors (Lipinski definition) is 1. The smallest absolute Gasteiger partial charge is 0.340 e. The number of pyridine rings is 1. The molecule has 1 aromatic heterocycles. The lowest BCUT2D eigenvalue weighted by molar-refractivity contribution is 0.0527. The summed E-state index contributed by atoms with van der Waals surface area (Å²) >= 11 is 0. The second kappa shape index (κ2) is 6.47. The van der Waals surface area contributed by atoms with Crippen LogP contribution in [0.2, 0.25) is 0 Å². The minimum Gasteiger partial charge on any atom is -0.462 e. The average molecular weight is 270 g/mol. The van der Waals surface area contributed by atoms with Crippen LogP contribution in [0.4, 0.5) is 5.69 Å².